The molecular formula is C24H23NO3. The molecule has 2 aromatic carbocycles. The molecule has 2 heterocycles. The third-order valence-electron chi connectivity index (χ3n) is 5.72. The summed E-state index contributed by atoms with van der Waals surface area (Å²) < 4.78 is 11.9. The topological polar surface area (TPSA) is 46.6 Å². The number of hydrogen-bond acceptors (Lipinski definition) is 3. The highest BCUT2D eigenvalue weighted by molar-refractivity contribution is 5.96. The standard InChI is InChI=1S/C24H23NO3/c26-24(23-15-18-9-5-7-13-22(18)28-23)25(19-10-2-1-3-11-19)16-20-14-17-8-4-6-12-21(17)27-20/h4-9,12-15,19H,1-3,10-11,16H2. The lowest BCUT2D eigenvalue weighted by Crippen LogP contribution is -2.40. The third kappa shape index (κ3) is 3.19. The van der Waals surface area contributed by atoms with Crippen LogP contribution in [0.3, 0.4) is 0 Å². The molecule has 4 nitrogen and oxygen atoms in total. The first kappa shape index (κ1) is 17.1. The number of para-hydroxylation sites is 2. The van der Waals surface area contributed by atoms with Crippen LogP contribution in [0.25, 0.3) is 21.9 Å². The lowest BCUT2D eigenvalue weighted by Gasteiger charge is -2.33. The monoisotopic (exact) mass is 373 g/mol. The minimum atomic E-state index is -0.0523. The van der Waals surface area contributed by atoms with Gasteiger partial charge in [-0.3, -0.25) is 4.79 Å². The van der Waals surface area contributed by atoms with Gasteiger partial charge in [0, 0.05) is 16.8 Å². The summed E-state index contributed by atoms with van der Waals surface area (Å²) in [5.74, 6) is 1.17. The van der Waals surface area contributed by atoms with E-state index in [1.807, 2.05) is 65.6 Å². The maximum atomic E-state index is 13.4. The molecule has 1 amide bonds. The first-order valence-corrected chi connectivity index (χ1v) is 10.0. The van der Waals surface area contributed by atoms with Gasteiger partial charge < -0.3 is 13.7 Å². The zero-order valence-electron chi connectivity index (χ0n) is 15.8. The molecule has 0 bridgehead atoms. The van der Waals surface area contributed by atoms with Crippen molar-refractivity contribution in [3.63, 3.8) is 0 Å². The summed E-state index contributed by atoms with van der Waals surface area (Å²) in [6.07, 6.45) is 5.63. The molecule has 4 heteroatoms. The van der Waals surface area contributed by atoms with Crippen LogP contribution in [-0.2, 0) is 6.54 Å². The Hall–Kier alpha value is -3.01. The normalized spacial score (nSPS) is 15.3. The summed E-state index contributed by atoms with van der Waals surface area (Å²) in [4.78, 5) is 15.4. The van der Waals surface area contributed by atoms with Crippen LogP contribution in [0.15, 0.2) is 69.5 Å². The highest BCUT2D eigenvalue weighted by Gasteiger charge is 2.29. The van der Waals surface area contributed by atoms with Crippen molar-refractivity contribution in [3.05, 3.63) is 72.2 Å². The second-order valence-electron chi connectivity index (χ2n) is 7.62. The van der Waals surface area contributed by atoms with E-state index in [9.17, 15) is 4.79 Å². The van der Waals surface area contributed by atoms with Gasteiger partial charge >= 0.3 is 0 Å². The molecule has 0 radical (unpaired) electrons. The summed E-state index contributed by atoms with van der Waals surface area (Å²) in [6.45, 7) is 0.467. The largest absolute Gasteiger partial charge is 0.459 e. The molecule has 0 spiro atoms. The van der Waals surface area contributed by atoms with Gasteiger partial charge in [-0.1, -0.05) is 55.7 Å². The lowest BCUT2D eigenvalue weighted by atomic mass is 9.94. The Labute approximate surface area is 163 Å². The van der Waals surface area contributed by atoms with Gasteiger partial charge in [0.15, 0.2) is 5.76 Å². The van der Waals surface area contributed by atoms with Crippen LogP contribution in [0, 0.1) is 0 Å². The maximum Gasteiger partial charge on any atom is 0.290 e. The highest BCUT2D eigenvalue weighted by atomic mass is 16.4. The fourth-order valence-electron chi connectivity index (χ4n) is 4.27. The van der Waals surface area contributed by atoms with E-state index in [2.05, 4.69) is 0 Å². The van der Waals surface area contributed by atoms with Crippen molar-refractivity contribution >= 4 is 27.8 Å². The Bertz CT molecular complexity index is 1050. The average molecular weight is 373 g/mol. The van der Waals surface area contributed by atoms with Crippen molar-refractivity contribution in [2.24, 2.45) is 0 Å². The molecule has 1 saturated carbocycles. The quantitative estimate of drug-likeness (QED) is 0.431. The molecule has 142 valence electrons. The number of benzene rings is 2. The molecule has 2 aromatic heterocycles. The minimum absolute atomic E-state index is 0.0523. The number of rotatable bonds is 4. The van der Waals surface area contributed by atoms with E-state index in [1.54, 1.807) is 0 Å². The molecule has 4 aromatic rings. The Morgan fingerprint density at radius 3 is 2.18 bits per heavy atom. The van der Waals surface area contributed by atoms with Crippen molar-refractivity contribution in [2.75, 3.05) is 0 Å². The van der Waals surface area contributed by atoms with Crippen LogP contribution < -0.4 is 0 Å². The molecule has 0 aliphatic heterocycles. The van der Waals surface area contributed by atoms with E-state index in [-0.39, 0.29) is 11.9 Å². The number of carbonyl (C=O) groups excluding carboxylic acids is 1. The predicted octanol–water partition coefficient (Wildman–Crippen LogP) is 6.15. The van der Waals surface area contributed by atoms with E-state index in [1.165, 1.54) is 6.42 Å². The highest BCUT2D eigenvalue weighted by Crippen LogP contribution is 2.29. The van der Waals surface area contributed by atoms with Gasteiger partial charge in [0.1, 0.15) is 16.9 Å². The molecule has 1 aliphatic rings. The van der Waals surface area contributed by atoms with Gasteiger partial charge in [-0.05, 0) is 37.1 Å². The Balaban J connectivity index is 1.48. The Morgan fingerprint density at radius 1 is 0.857 bits per heavy atom. The van der Waals surface area contributed by atoms with Crippen LogP contribution in [0.4, 0.5) is 0 Å². The van der Waals surface area contributed by atoms with Crippen LogP contribution in [0.1, 0.15) is 48.4 Å². The van der Waals surface area contributed by atoms with E-state index < -0.39 is 0 Å². The molecule has 1 aliphatic carbocycles. The number of hydrogen-bond donors (Lipinski definition) is 0. The van der Waals surface area contributed by atoms with E-state index in [0.717, 1.165) is 53.4 Å². The minimum Gasteiger partial charge on any atom is -0.459 e. The van der Waals surface area contributed by atoms with Crippen molar-refractivity contribution in [1.82, 2.24) is 4.90 Å². The first-order valence-electron chi connectivity index (χ1n) is 10.0. The van der Waals surface area contributed by atoms with Crippen molar-refractivity contribution in [3.8, 4) is 0 Å². The first-order chi connectivity index (χ1) is 13.8. The van der Waals surface area contributed by atoms with Gasteiger partial charge in [-0.2, -0.15) is 0 Å². The van der Waals surface area contributed by atoms with Gasteiger partial charge in [0.2, 0.25) is 0 Å². The van der Waals surface area contributed by atoms with E-state index >= 15 is 0 Å². The average Bonchev–Trinajstić information content (AvgIpc) is 3.35. The summed E-state index contributed by atoms with van der Waals surface area (Å²) >= 11 is 0. The van der Waals surface area contributed by atoms with Crippen molar-refractivity contribution in [2.45, 2.75) is 44.7 Å². The lowest BCUT2D eigenvalue weighted by molar-refractivity contribution is 0.0568. The molecule has 0 unspecified atom stereocenters. The fraction of sp³-hybridized carbons (Fsp3) is 0.292. The number of carbonyl (C=O) groups is 1. The summed E-state index contributed by atoms with van der Waals surface area (Å²) in [5.41, 5.74) is 1.61. The van der Waals surface area contributed by atoms with E-state index in [4.69, 9.17) is 8.83 Å². The Kier molecular flexibility index (Phi) is 4.40. The number of furan rings is 2. The fourth-order valence-corrected chi connectivity index (χ4v) is 4.27. The van der Waals surface area contributed by atoms with Gasteiger partial charge in [0.25, 0.3) is 5.91 Å². The molecule has 1 fully saturated rings. The summed E-state index contributed by atoms with van der Waals surface area (Å²) in [6, 6.07) is 19.8. The maximum absolute atomic E-state index is 13.4. The van der Waals surface area contributed by atoms with Crippen LogP contribution in [-0.4, -0.2) is 16.8 Å². The van der Waals surface area contributed by atoms with Gasteiger partial charge in [0.05, 0.1) is 6.54 Å². The van der Waals surface area contributed by atoms with Crippen molar-refractivity contribution < 1.29 is 13.6 Å². The second kappa shape index (κ2) is 7.19. The Morgan fingerprint density at radius 2 is 1.50 bits per heavy atom. The van der Waals surface area contributed by atoms with Gasteiger partial charge in [-0.15, -0.1) is 0 Å². The molecule has 0 N–H and O–H groups in total. The van der Waals surface area contributed by atoms with Crippen LogP contribution in [0.2, 0.25) is 0 Å². The molecular weight excluding hydrogens is 350 g/mol. The molecule has 28 heavy (non-hydrogen) atoms. The van der Waals surface area contributed by atoms with Gasteiger partial charge in [-0.25, -0.2) is 0 Å². The number of nitrogens with zero attached hydrogens (tertiary/aromatic N) is 1. The smallest absolute Gasteiger partial charge is 0.290 e. The molecule has 5 rings (SSSR count). The van der Waals surface area contributed by atoms with Crippen molar-refractivity contribution in [1.29, 1.82) is 0 Å². The van der Waals surface area contributed by atoms with E-state index in [0.29, 0.717) is 12.3 Å². The SMILES string of the molecule is O=C(c1cc2ccccc2o1)N(Cc1cc2ccccc2o1)C1CCCCC1. The zero-order chi connectivity index (χ0) is 18.9. The van der Waals surface area contributed by atoms with Crippen LogP contribution >= 0.6 is 0 Å². The summed E-state index contributed by atoms with van der Waals surface area (Å²) in [5, 5.41) is 2.02. The number of amides is 1. The predicted molar refractivity (Wildman–Crippen MR) is 109 cm³/mol. The summed E-state index contributed by atoms with van der Waals surface area (Å²) in [7, 11) is 0. The zero-order valence-corrected chi connectivity index (χ0v) is 15.8. The second-order valence-corrected chi connectivity index (χ2v) is 7.62. The molecule has 0 atom stereocenters. The third-order valence-corrected chi connectivity index (χ3v) is 5.72. The van der Waals surface area contributed by atoms with Crippen LogP contribution in [0.5, 0.6) is 0 Å². The number of fused-ring (bicyclic) bond motifs is 2. The molecule has 0 saturated heterocycles.